The first-order chi connectivity index (χ1) is 8.48. The standard InChI is InChI=1S/C11H15BrClNO2S2/c1-2-14(7-8-3-4-8)18(15,16)10-5-9(6-13)17-11(10)12/h5,8H,2-4,6-7H2,1H3. The van der Waals surface area contributed by atoms with E-state index >= 15 is 0 Å². The molecule has 0 amide bonds. The molecule has 0 N–H and O–H groups in total. The molecule has 1 heterocycles. The van der Waals surface area contributed by atoms with Crippen molar-refractivity contribution in [2.24, 2.45) is 5.92 Å². The van der Waals surface area contributed by atoms with Gasteiger partial charge in [-0.25, -0.2) is 8.42 Å². The van der Waals surface area contributed by atoms with Gasteiger partial charge in [0.2, 0.25) is 10.0 Å². The molecule has 3 nitrogen and oxygen atoms in total. The van der Waals surface area contributed by atoms with Gasteiger partial charge in [-0.2, -0.15) is 4.31 Å². The van der Waals surface area contributed by atoms with Gasteiger partial charge in [-0.1, -0.05) is 6.92 Å². The van der Waals surface area contributed by atoms with Gasteiger partial charge >= 0.3 is 0 Å². The largest absolute Gasteiger partial charge is 0.245 e. The molecule has 1 aromatic rings. The highest BCUT2D eigenvalue weighted by Gasteiger charge is 2.32. The molecule has 0 bridgehead atoms. The lowest BCUT2D eigenvalue weighted by molar-refractivity contribution is 0.412. The van der Waals surface area contributed by atoms with Crippen LogP contribution < -0.4 is 0 Å². The van der Waals surface area contributed by atoms with Crippen LogP contribution in [0.5, 0.6) is 0 Å². The molecule has 0 aromatic carbocycles. The van der Waals surface area contributed by atoms with Crippen molar-refractivity contribution >= 4 is 48.9 Å². The summed E-state index contributed by atoms with van der Waals surface area (Å²) in [5, 5.41) is 0. The third-order valence-corrected chi connectivity index (χ3v) is 7.61. The van der Waals surface area contributed by atoms with Crippen molar-refractivity contribution in [1.82, 2.24) is 4.31 Å². The van der Waals surface area contributed by atoms with Crippen LogP contribution in [0.3, 0.4) is 0 Å². The van der Waals surface area contributed by atoms with E-state index in [2.05, 4.69) is 15.9 Å². The SMILES string of the molecule is CCN(CC1CC1)S(=O)(=O)c1cc(CCl)sc1Br. The molecular formula is C11H15BrClNO2S2. The van der Waals surface area contributed by atoms with Crippen molar-refractivity contribution in [1.29, 1.82) is 0 Å². The number of hydrogen-bond donors (Lipinski definition) is 0. The van der Waals surface area contributed by atoms with Crippen molar-refractivity contribution in [2.75, 3.05) is 13.1 Å². The van der Waals surface area contributed by atoms with E-state index in [0.717, 1.165) is 17.7 Å². The van der Waals surface area contributed by atoms with E-state index in [4.69, 9.17) is 11.6 Å². The van der Waals surface area contributed by atoms with Crippen molar-refractivity contribution < 1.29 is 8.42 Å². The molecule has 7 heteroatoms. The lowest BCUT2D eigenvalue weighted by Crippen LogP contribution is -2.32. The van der Waals surface area contributed by atoms with Crippen LogP contribution in [0.15, 0.2) is 14.7 Å². The quantitative estimate of drug-likeness (QED) is 0.714. The Kier molecular flexibility index (Phi) is 4.75. The Morgan fingerprint density at radius 3 is 2.67 bits per heavy atom. The number of nitrogens with zero attached hydrogens (tertiary/aromatic N) is 1. The fourth-order valence-electron chi connectivity index (χ4n) is 1.76. The molecule has 0 atom stereocenters. The normalized spacial score (nSPS) is 16.4. The number of halogens is 2. The summed E-state index contributed by atoms with van der Waals surface area (Å²) in [6, 6.07) is 1.67. The minimum atomic E-state index is -3.39. The molecule has 1 aromatic heterocycles. The van der Waals surface area contributed by atoms with Crippen LogP contribution in [0.2, 0.25) is 0 Å². The van der Waals surface area contributed by atoms with Crippen LogP contribution in [0.1, 0.15) is 24.6 Å². The zero-order chi connectivity index (χ0) is 13.3. The molecule has 1 aliphatic rings. The summed E-state index contributed by atoms with van der Waals surface area (Å²) in [6.45, 7) is 3.03. The van der Waals surface area contributed by atoms with Gasteiger partial charge in [-0.05, 0) is 40.8 Å². The van der Waals surface area contributed by atoms with Gasteiger partial charge in [0.1, 0.15) is 4.90 Å². The number of alkyl halides is 1. The molecular weight excluding hydrogens is 358 g/mol. The van der Waals surface area contributed by atoms with Crippen LogP contribution in [0, 0.1) is 5.92 Å². The van der Waals surface area contributed by atoms with Gasteiger partial charge in [0.15, 0.2) is 0 Å². The fraction of sp³-hybridized carbons (Fsp3) is 0.636. The van der Waals surface area contributed by atoms with Crippen molar-refractivity contribution in [3.8, 4) is 0 Å². The summed E-state index contributed by atoms with van der Waals surface area (Å²) in [5.74, 6) is 0.887. The Morgan fingerprint density at radius 1 is 1.56 bits per heavy atom. The van der Waals surface area contributed by atoms with Crippen molar-refractivity contribution in [3.63, 3.8) is 0 Å². The highest BCUT2D eigenvalue weighted by atomic mass is 79.9. The van der Waals surface area contributed by atoms with E-state index < -0.39 is 10.0 Å². The molecule has 1 fully saturated rings. The van der Waals surface area contributed by atoms with E-state index in [0.29, 0.717) is 33.6 Å². The fourth-order valence-corrected chi connectivity index (χ4v) is 6.01. The van der Waals surface area contributed by atoms with Crippen LogP contribution >= 0.6 is 38.9 Å². The van der Waals surface area contributed by atoms with Gasteiger partial charge < -0.3 is 0 Å². The van der Waals surface area contributed by atoms with Gasteiger partial charge in [-0.3, -0.25) is 0 Å². The minimum absolute atomic E-state index is 0.341. The van der Waals surface area contributed by atoms with E-state index in [1.807, 2.05) is 6.92 Å². The summed E-state index contributed by atoms with van der Waals surface area (Å²) in [6.07, 6.45) is 2.29. The van der Waals surface area contributed by atoms with Gasteiger partial charge in [0, 0.05) is 18.0 Å². The van der Waals surface area contributed by atoms with E-state index in [9.17, 15) is 8.42 Å². The maximum Gasteiger partial charge on any atom is 0.245 e. The lowest BCUT2D eigenvalue weighted by Gasteiger charge is -2.19. The second-order valence-electron chi connectivity index (χ2n) is 4.38. The Morgan fingerprint density at radius 2 is 2.22 bits per heavy atom. The molecule has 0 aliphatic heterocycles. The van der Waals surface area contributed by atoms with Crippen LogP contribution in [-0.4, -0.2) is 25.8 Å². The topological polar surface area (TPSA) is 37.4 Å². The Balaban J connectivity index is 2.29. The van der Waals surface area contributed by atoms with Crippen molar-refractivity contribution in [3.05, 3.63) is 14.7 Å². The summed E-state index contributed by atoms with van der Waals surface area (Å²) in [7, 11) is -3.39. The average molecular weight is 373 g/mol. The minimum Gasteiger partial charge on any atom is -0.207 e. The summed E-state index contributed by atoms with van der Waals surface area (Å²) in [4.78, 5) is 1.22. The first kappa shape index (κ1) is 14.8. The van der Waals surface area contributed by atoms with Gasteiger partial charge in [-0.15, -0.1) is 22.9 Å². The van der Waals surface area contributed by atoms with Gasteiger partial charge in [0.05, 0.1) is 9.67 Å². The number of rotatable bonds is 6. The highest BCUT2D eigenvalue weighted by Crippen LogP contribution is 2.36. The molecule has 0 spiro atoms. The number of sulfonamides is 1. The monoisotopic (exact) mass is 371 g/mol. The van der Waals surface area contributed by atoms with Crippen LogP contribution in [0.25, 0.3) is 0 Å². The average Bonchev–Trinajstić information content (AvgIpc) is 3.07. The van der Waals surface area contributed by atoms with Gasteiger partial charge in [0.25, 0.3) is 0 Å². The Bertz CT molecular complexity index is 525. The second-order valence-corrected chi connectivity index (χ2v) is 9.01. The summed E-state index contributed by atoms with van der Waals surface area (Å²) < 4.78 is 27.3. The smallest absolute Gasteiger partial charge is 0.207 e. The first-order valence-corrected chi connectivity index (χ1v) is 9.41. The molecule has 0 saturated heterocycles. The molecule has 2 rings (SSSR count). The van der Waals surface area contributed by atoms with Crippen LogP contribution in [0.4, 0.5) is 0 Å². The van der Waals surface area contributed by atoms with Crippen molar-refractivity contribution in [2.45, 2.75) is 30.5 Å². The lowest BCUT2D eigenvalue weighted by atomic mass is 10.4. The molecule has 18 heavy (non-hydrogen) atoms. The zero-order valence-corrected chi connectivity index (χ0v) is 14.0. The molecule has 0 radical (unpaired) electrons. The maximum absolute atomic E-state index is 12.5. The third-order valence-electron chi connectivity index (χ3n) is 2.97. The predicted octanol–water partition coefficient (Wildman–Crippen LogP) is 3.67. The summed E-state index contributed by atoms with van der Waals surface area (Å²) >= 11 is 10.5. The second kappa shape index (κ2) is 5.79. The molecule has 0 unspecified atom stereocenters. The van der Waals surface area contributed by atoms with E-state index in [1.165, 1.54) is 11.3 Å². The Labute approximate surface area is 125 Å². The molecule has 1 aliphatic carbocycles. The third kappa shape index (κ3) is 3.10. The molecule has 1 saturated carbocycles. The molecule has 102 valence electrons. The first-order valence-electron chi connectivity index (χ1n) is 5.83. The predicted molar refractivity (Wildman–Crippen MR) is 78.7 cm³/mol. The highest BCUT2D eigenvalue weighted by molar-refractivity contribution is 9.11. The Hall–Kier alpha value is 0.380. The van der Waals surface area contributed by atoms with E-state index in [1.54, 1.807) is 10.4 Å². The number of thiophene rings is 1. The van der Waals surface area contributed by atoms with Crippen LogP contribution in [-0.2, 0) is 15.9 Å². The number of hydrogen-bond acceptors (Lipinski definition) is 3. The summed E-state index contributed by atoms with van der Waals surface area (Å²) in [5.41, 5.74) is 0. The zero-order valence-electron chi connectivity index (χ0n) is 10.0. The van der Waals surface area contributed by atoms with E-state index in [-0.39, 0.29) is 0 Å². The maximum atomic E-state index is 12.5.